The van der Waals surface area contributed by atoms with Gasteiger partial charge in [-0.2, -0.15) is 0 Å². The maximum Gasteiger partial charge on any atom is 0.338 e. The van der Waals surface area contributed by atoms with Gasteiger partial charge in [0.05, 0.1) is 33.4 Å². The number of hydrogen-bond donors (Lipinski definition) is 0. The fraction of sp³-hybridized carbons (Fsp3) is 0.184. The first-order chi connectivity index (χ1) is 23.2. The van der Waals surface area contributed by atoms with Gasteiger partial charge in [-0.15, -0.1) is 0 Å². The molecule has 2 heterocycles. The summed E-state index contributed by atoms with van der Waals surface area (Å²) in [4.78, 5) is 44.0. The molecule has 6 rings (SSSR count). The molecular formula is C38H33N3O6S. The smallest absolute Gasteiger partial charge is 0.338 e. The van der Waals surface area contributed by atoms with Crippen molar-refractivity contribution in [3.8, 4) is 5.75 Å². The van der Waals surface area contributed by atoms with E-state index in [4.69, 9.17) is 14.5 Å². The fourth-order valence-electron chi connectivity index (χ4n) is 5.57. The van der Waals surface area contributed by atoms with E-state index < -0.39 is 16.9 Å². The number of aromatic nitrogens is 1. The number of thiazole rings is 1. The molecule has 1 aromatic heterocycles. The normalized spacial score (nSPS) is 14.4. The fourth-order valence-corrected chi connectivity index (χ4v) is 6.56. The van der Waals surface area contributed by atoms with Gasteiger partial charge in [0.2, 0.25) is 0 Å². The first-order valence-electron chi connectivity index (χ1n) is 15.6. The molecular weight excluding hydrogens is 627 g/mol. The van der Waals surface area contributed by atoms with Crippen LogP contribution in [0, 0.1) is 10.1 Å². The molecule has 242 valence electrons. The zero-order chi connectivity index (χ0) is 33.8. The molecule has 0 saturated heterocycles. The Morgan fingerprint density at radius 2 is 1.67 bits per heavy atom. The summed E-state index contributed by atoms with van der Waals surface area (Å²) in [6, 6.07) is 30.2. The van der Waals surface area contributed by atoms with E-state index in [-0.39, 0.29) is 24.5 Å². The standard InChI is InChI=1S/C38H33N3O6S/c1-4-46-37(43)33-34(27-10-6-5-7-11-27)39-38-40(35(33)28-18-16-26(17-19-28)24(2)3)36(42)32(48-38)22-29-12-8-9-13-31(29)47-23-25-14-20-30(21-15-25)41(44)45/h5-22,24,35H,4,23H2,1-3H3/b32-22+/t35-/m0/s1. The van der Waals surface area contributed by atoms with Crippen LogP contribution in [0.1, 0.15) is 60.5 Å². The third-order valence-corrected chi connectivity index (χ3v) is 9.02. The van der Waals surface area contributed by atoms with E-state index in [9.17, 15) is 19.7 Å². The van der Waals surface area contributed by atoms with Gasteiger partial charge in [-0.1, -0.05) is 98.0 Å². The second-order valence-corrected chi connectivity index (χ2v) is 12.5. The Bertz CT molecular complexity index is 2180. The number of fused-ring (bicyclic) bond motifs is 1. The summed E-state index contributed by atoms with van der Waals surface area (Å²) in [7, 11) is 0. The zero-order valence-corrected chi connectivity index (χ0v) is 27.5. The van der Waals surface area contributed by atoms with Gasteiger partial charge in [-0.05, 0) is 53.8 Å². The van der Waals surface area contributed by atoms with Crippen molar-refractivity contribution in [2.45, 2.75) is 39.3 Å². The van der Waals surface area contributed by atoms with Crippen LogP contribution in [-0.2, 0) is 16.1 Å². The van der Waals surface area contributed by atoms with E-state index in [1.54, 1.807) is 35.8 Å². The van der Waals surface area contributed by atoms with Crippen LogP contribution in [0.2, 0.25) is 0 Å². The van der Waals surface area contributed by atoms with Crippen LogP contribution in [0.4, 0.5) is 5.69 Å². The first-order valence-corrected chi connectivity index (χ1v) is 16.4. The predicted octanol–water partition coefficient (Wildman–Crippen LogP) is 6.55. The van der Waals surface area contributed by atoms with Gasteiger partial charge in [-0.25, -0.2) is 9.79 Å². The predicted molar refractivity (Wildman–Crippen MR) is 185 cm³/mol. The summed E-state index contributed by atoms with van der Waals surface area (Å²) in [6.45, 7) is 6.33. The number of non-ortho nitro benzene ring substituents is 1. The van der Waals surface area contributed by atoms with Crippen LogP contribution in [0.5, 0.6) is 5.75 Å². The molecule has 0 bridgehead atoms. The van der Waals surface area contributed by atoms with Gasteiger partial charge in [0.25, 0.3) is 11.2 Å². The monoisotopic (exact) mass is 659 g/mol. The second-order valence-electron chi connectivity index (χ2n) is 11.5. The molecule has 9 nitrogen and oxygen atoms in total. The number of para-hydroxylation sites is 1. The van der Waals surface area contributed by atoms with Crippen LogP contribution in [0.15, 0.2) is 118 Å². The van der Waals surface area contributed by atoms with E-state index in [1.165, 1.54) is 23.5 Å². The third kappa shape index (κ3) is 6.61. The van der Waals surface area contributed by atoms with Crippen molar-refractivity contribution < 1.29 is 19.2 Å². The number of benzene rings is 4. The Balaban J connectivity index is 1.48. The number of rotatable bonds is 10. The SMILES string of the molecule is CCOC(=O)C1=C(c2ccccc2)N=c2s/c(=C/c3ccccc3OCc3ccc([N+](=O)[O-])cc3)c(=O)n2[C@H]1c1ccc(C(C)C)cc1. The van der Waals surface area contributed by atoms with Crippen molar-refractivity contribution in [3.63, 3.8) is 0 Å². The molecule has 10 heteroatoms. The van der Waals surface area contributed by atoms with E-state index in [0.29, 0.717) is 37.8 Å². The molecule has 1 aliphatic rings. The van der Waals surface area contributed by atoms with Crippen molar-refractivity contribution >= 4 is 34.8 Å². The number of nitro groups is 1. The minimum absolute atomic E-state index is 0.00484. The van der Waals surface area contributed by atoms with E-state index in [2.05, 4.69) is 13.8 Å². The lowest BCUT2D eigenvalue weighted by molar-refractivity contribution is -0.384. The summed E-state index contributed by atoms with van der Waals surface area (Å²) < 4.78 is 13.7. The van der Waals surface area contributed by atoms with Crippen LogP contribution < -0.4 is 19.6 Å². The molecule has 0 spiro atoms. The number of esters is 1. The number of carbonyl (C=O) groups excluding carboxylic acids is 1. The quantitative estimate of drug-likeness (QED) is 0.0956. The highest BCUT2D eigenvalue weighted by Gasteiger charge is 2.35. The summed E-state index contributed by atoms with van der Waals surface area (Å²) in [5, 5.41) is 11.0. The summed E-state index contributed by atoms with van der Waals surface area (Å²) in [5.74, 6) is 0.320. The Kier molecular flexibility index (Phi) is 9.45. The molecule has 4 aromatic carbocycles. The van der Waals surface area contributed by atoms with Gasteiger partial charge < -0.3 is 9.47 Å². The van der Waals surface area contributed by atoms with Gasteiger partial charge in [0.1, 0.15) is 12.4 Å². The lowest BCUT2D eigenvalue weighted by atomic mass is 9.91. The van der Waals surface area contributed by atoms with Crippen LogP contribution >= 0.6 is 11.3 Å². The average molecular weight is 660 g/mol. The van der Waals surface area contributed by atoms with Gasteiger partial charge in [0, 0.05) is 23.3 Å². The maximum absolute atomic E-state index is 14.3. The number of nitrogens with zero attached hydrogens (tertiary/aromatic N) is 3. The summed E-state index contributed by atoms with van der Waals surface area (Å²) in [5.41, 5.74) is 4.56. The minimum atomic E-state index is -0.771. The first kappa shape index (κ1) is 32.3. The Hall–Kier alpha value is -5.61. The highest BCUT2D eigenvalue weighted by atomic mass is 32.1. The zero-order valence-electron chi connectivity index (χ0n) is 26.7. The Morgan fingerprint density at radius 1 is 0.979 bits per heavy atom. The summed E-state index contributed by atoms with van der Waals surface area (Å²) in [6.07, 6.45) is 1.77. The lowest BCUT2D eigenvalue weighted by Crippen LogP contribution is -2.40. The Morgan fingerprint density at radius 3 is 2.33 bits per heavy atom. The van der Waals surface area contributed by atoms with Crippen LogP contribution in [0.25, 0.3) is 11.8 Å². The largest absolute Gasteiger partial charge is 0.488 e. The highest BCUT2D eigenvalue weighted by molar-refractivity contribution is 7.07. The third-order valence-electron chi connectivity index (χ3n) is 8.04. The molecule has 48 heavy (non-hydrogen) atoms. The molecule has 0 aliphatic carbocycles. The molecule has 0 unspecified atom stereocenters. The van der Waals surface area contributed by atoms with Crippen molar-refractivity contribution in [2.24, 2.45) is 4.99 Å². The van der Waals surface area contributed by atoms with Crippen molar-refractivity contribution in [1.82, 2.24) is 4.57 Å². The van der Waals surface area contributed by atoms with Crippen molar-refractivity contribution in [2.75, 3.05) is 6.61 Å². The van der Waals surface area contributed by atoms with Crippen molar-refractivity contribution in [1.29, 1.82) is 0 Å². The number of carbonyl (C=O) groups is 1. The maximum atomic E-state index is 14.3. The van der Waals surface area contributed by atoms with Crippen molar-refractivity contribution in [3.05, 3.63) is 166 Å². The summed E-state index contributed by atoms with van der Waals surface area (Å²) >= 11 is 1.24. The minimum Gasteiger partial charge on any atom is -0.488 e. The average Bonchev–Trinajstić information content (AvgIpc) is 3.41. The number of nitro benzene ring substituents is 1. The highest BCUT2D eigenvalue weighted by Crippen LogP contribution is 2.35. The van der Waals surface area contributed by atoms with E-state index in [1.807, 2.05) is 72.8 Å². The molecule has 5 aromatic rings. The molecule has 0 N–H and O–H groups in total. The number of hydrogen-bond acceptors (Lipinski definition) is 8. The molecule has 0 amide bonds. The molecule has 0 saturated carbocycles. The van der Waals surface area contributed by atoms with E-state index in [0.717, 1.165) is 22.3 Å². The van der Waals surface area contributed by atoms with Crippen LogP contribution in [-0.4, -0.2) is 22.1 Å². The van der Waals surface area contributed by atoms with E-state index >= 15 is 0 Å². The molecule has 0 radical (unpaired) electrons. The number of ether oxygens (including phenoxy) is 2. The van der Waals surface area contributed by atoms with Crippen LogP contribution in [0.3, 0.4) is 0 Å². The molecule has 1 aliphatic heterocycles. The van der Waals surface area contributed by atoms with Gasteiger partial charge in [0.15, 0.2) is 4.80 Å². The molecule has 1 atom stereocenters. The second kappa shape index (κ2) is 14.0. The Labute approximate surface area is 280 Å². The topological polar surface area (TPSA) is 113 Å². The van der Waals surface area contributed by atoms with Gasteiger partial charge in [-0.3, -0.25) is 19.5 Å². The molecule has 0 fully saturated rings. The van der Waals surface area contributed by atoms with Gasteiger partial charge >= 0.3 is 5.97 Å². The lowest BCUT2D eigenvalue weighted by Gasteiger charge is -2.26.